The standard InChI is InChI=1S/C10H20N2O2/c1-7(2)11-10(13)14-9-5-12(6-9)8(3)4/h7-9H,5-6H2,1-4H3,(H,11,13). The van der Waals surface area contributed by atoms with Crippen molar-refractivity contribution in [3.63, 3.8) is 0 Å². The Labute approximate surface area is 85.6 Å². The lowest BCUT2D eigenvalue weighted by molar-refractivity contribution is -0.0285. The number of hydrogen-bond acceptors (Lipinski definition) is 3. The minimum Gasteiger partial charge on any atom is -0.444 e. The molecule has 1 N–H and O–H groups in total. The van der Waals surface area contributed by atoms with Crippen molar-refractivity contribution >= 4 is 6.09 Å². The third kappa shape index (κ3) is 3.18. The van der Waals surface area contributed by atoms with Crippen molar-refractivity contribution < 1.29 is 9.53 Å². The van der Waals surface area contributed by atoms with E-state index >= 15 is 0 Å². The summed E-state index contributed by atoms with van der Waals surface area (Å²) in [5.74, 6) is 0. The molecule has 1 saturated heterocycles. The average molecular weight is 200 g/mol. The number of rotatable bonds is 3. The molecule has 0 aromatic heterocycles. The molecule has 1 amide bonds. The summed E-state index contributed by atoms with van der Waals surface area (Å²) in [5.41, 5.74) is 0. The molecule has 0 radical (unpaired) electrons. The van der Waals surface area contributed by atoms with Crippen molar-refractivity contribution in [1.82, 2.24) is 10.2 Å². The Morgan fingerprint density at radius 2 is 1.93 bits per heavy atom. The molecule has 0 aromatic rings. The maximum atomic E-state index is 11.2. The van der Waals surface area contributed by atoms with Crippen LogP contribution in [-0.2, 0) is 4.74 Å². The zero-order valence-electron chi connectivity index (χ0n) is 9.41. The van der Waals surface area contributed by atoms with E-state index < -0.39 is 0 Å². The second-order valence-corrected chi connectivity index (χ2v) is 4.37. The maximum absolute atomic E-state index is 11.2. The van der Waals surface area contributed by atoms with Gasteiger partial charge < -0.3 is 10.1 Å². The van der Waals surface area contributed by atoms with Gasteiger partial charge in [0.1, 0.15) is 6.10 Å². The first-order valence-corrected chi connectivity index (χ1v) is 5.20. The van der Waals surface area contributed by atoms with Crippen LogP contribution in [0.1, 0.15) is 27.7 Å². The quantitative estimate of drug-likeness (QED) is 0.744. The van der Waals surface area contributed by atoms with E-state index in [4.69, 9.17) is 4.74 Å². The predicted octanol–water partition coefficient (Wildman–Crippen LogP) is 1.21. The fourth-order valence-corrected chi connectivity index (χ4v) is 1.39. The van der Waals surface area contributed by atoms with Crippen LogP contribution in [0.3, 0.4) is 0 Å². The highest BCUT2D eigenvalue weighted by atomic mass is 16.6. The van der Waals surface area contributed by atoms with Crippen LogP contribution in [0.15, 0.2) is 0 Å². The van der Waals surface area contributed by atoms with Crippen molar-refractivity contribution in [1.29, 1.82) is 0 Å². The molecule has 0 spiro atoms. The number of likely N-dealkylation sites (tertiary alicyclic amines) is 1. The molecule has 1 fully saturated rings. The van der Waals surface area contributed by atoms with Crippen molar-refractivity contribution in [2.45, 2.75) is 45.9 Å². The number of nitrogens with zero attached hydrogens (tertiary/aromatic N) is 1. The zero-order valence-corrected chi connectivity index (χ0v) is 9.41. The Kier molecular flexibility index (Phi) is 3.75. The Morgan fingerprint density at radius 1 is 1.36 bits per heavy atom. The van der Waals surface area contributed by atoms with Gasteiger partial charge in [0.05, 0.1) is 0 Å². The lowest BCUT2D eigenvalue weighted by Crippen LogP contribution is -2.56. The van der Waals surface area contributed by atoms with Gasteiger partial charge in [0, 0.05) is 25.2 Å². The smallest absolute Gasteiger partial charge is 0.407 e. The molecule has 0 saturated carbocycles. The van der Waals surface area contributed by atoms with Gasteiger partial charge in [-0.1, -0.05) is 0 Å². The van der Waals surface area contributed by atoms with Gasteiger partial charge in [0.2, 0.25) is 0 Å². The maximum Gasteiger partial charge on any atom is 0.407 e. The Morgan fingerprint density at radius 3 is 2.36 bits per heavy atom. The molecule has 0 bridgehead atoms. The molecule has 0 atom stereocenters. The monoisotopic (exact) mass is 200 g/mol. The summed E-state index contributed by atoms with van der Waals surface area (Å²) < 4.78 is 5.19. The van der Waals surface area contributed by atoms with Gasteiger partial charge >= 0.3 is 6.09 Å². The topological polar surface area (TPSA) is 41.6 Å². The Balaban J connectivity index is 2.13. The van der Waals surface area contributed by atoms with Crippen molar-refractivity contribution in [3.8, 4) is 0 Å². The van der Waals surface area contributed by atoms with Crippen LogP contribution in [0, 0.1) is 0 Å². The average Bonchev–Trinajstić information content (AvgIpc) is 1.93. The molecule has 4 nitrogen and oxygen atoms in total. The van der Waals surface area contributed by atoms with Crippen molar-refractivity contribution in [2.75, 3.05) is 13.1 Å². The van der Waals surface area contributed by atoms with Crippen LogP contribution in [0.5, 0.6) is 0 Å². The second kappa shape index (κ2) is 4.64. The molecule has 1 rings (SSSR count). The largest absolute Gasteiger partial charge is 0.444 e. The number of carbonyl (C=O) groups excluding carboxylic acids is 1. The van der Waals surface area contributed by atoms with Crippen molar-refractivity contribution in [3.05, 3.63) is 0 Å². The normalized spacial score (nSPS) is 18.4. The van der Waals surface area contributed by atoms with Crippen LogP contribution in [0.2, 0.25) is 0 Å². The first kappa shape index (κ1) is 11.3. The molecule has 1 aliphatic rings. The number of nitrogens with one attached hydrogen (secondary N) is 1. The molecule has 0 unspecified atom stereocenters. The summed E-state index contributed by atoms with van der Waals surface area (Å²) in [4.78, 5) is 13.5. The van der Waals surface area contributed by atoms with Gasteiger partial charge in [-0.2, -0.15) is 0 Å². The fourth-order valence-electron chi connectivity index (χ4n) is 1.39. The van der Waals surface area contributed by atoms with E-state index in [1.807, 2.05) is 13.8 Å². The van der Waals surface area contributed by atoms with E-state index in [1.165, 1.54) is 0 Å². The molecule has 82 valence electrons. The molecule has 14 heavy (non-hydrogen) atoms. The van der Waals surface area contributed by atoms with E-state index in [9.17, 15) is 4.79 Å². The number of amides is 1. The van der Waals surface area contributed by atoms with Gasteiger partial charge in [-0.3, -0.25) is 4.90 Å². The number of ether oxygens (including phenoxy) is 1. The molecule has 0 aromatic carbocycles. The molecule has 1 heterocycles. The third-order valence-electron chi connectivity index (χ3n) is 2.29. The van der Waals surface area contributed by atoms with Crippen LogP contribution in [-0.4, -0.2) is 42.3 Å². The van der Waals surface area contributed by atoms with Gasteiger partial charge in [-0.05, 0) is 27.7 Å². The van der Waals surface area contributed by atoms with Crippen LogP contribution < -0.4 is 5.32 Å². The summed E-state index contributed by atoms with van der Waals surface area (Å²) in [6.45, 7) is 9.85. The Bertz CT molecular complexity index is 198. The summed E-state index contributed by atoms with van der Waals surface area (Å²) in [7, 11) is 0. The van der Waals surface area contributed by atoms with Gasteiger partial charge in [0.25, 0.3) is 0 Å². The highest BCUT2D eigenvalue weighted by molar-refractivity contribution is 5.67. The lowest BCUT2D eigenvalue weighted by Gasteiger charge is -2.41. The Hall–Kier alpha value is -0.770. The molecular formula is C10H20N2O2. The van der Waals surface area contributed by atoms with Gasteiger partial charge in [-0.25, -0.2) is 4.79 Å². The second-order valence-electron chi connectivity index (χ2n) is 4.37. The number of alkyl carbamates (subject to hydrolysis) is 1. The third-order valence-corrected chi connectivity index (χ3v) is 2.29. The van der Waals surface area contributed by atoms with E-state index in [0.29, 0.717) is 6.04 Å². The molecule has 0 aliphatic carbocycles. The summed E-state index contributed by atoms with van der Waals surface area (Å²) >= 11 is 0. The summed E-state index contributed by atoms with van der Waals surface area (Å²) in [5, 5.41) is 2.71. The predicted molar refractivity (Wildman–Crippen MR) is 55.2 cm³/mol. The highest BCUT2D eigenvalue weighted by Crippen LogP contribution is 2.14. The SMILES string of the molecule is CC(C)NC(=O)OC1CN(C(C)C)C1. The van der Waals surface area contributed by atoms with E-state index in [1.54, 1.807) is 0 Å². The number of carbonyl (C=O) groups is 1. The molecule has 1 aliphatic heterocycles. The molecular weight excluding hydrogens is 180 g/mol. The first-order valence-electron chi connectivity index (χ1n) is 5.20. The number of hydrogen-bond donors (Lipinski definition) is 1. The first-order chi connectivity index (χ1) is 6.49. The van der Waals surface area contributed by atoms with Crippen LogP contribution in [0.4, 0.5) is 4.79 Å². The lowest BCUT2D eigenvalue weighted by atomic mass is 10.1. The van der Waals surface area contributed by atoms with Crippen molar-refractivity contribution in [2.24, 2.45) is 0 Å². The van der Waals surface area contributed by atoms with E-state index in [-0.39, 0.29) is 18.2 Å². The van der Waals surface area contributed by atoms with Gasteiger partial charge in [0.15, 0.2) is 0 Å². The summed E-state index contributed by atoms with van der Waals surface area (Å²) in [6.07, 6.45) is -0.218. The zero-order chi connectivity index (χ0) is 10.7. The van der Waals surface area contributed by atoms with Crippen LogP contribution >= 0.6 is 0 Å². The summed E-state index contributed by atoms with van der Waals surface area (Å²) in [6, 6.07) is 0.687. The van der Waals surface area contributed by atoms with E-state index in [2.05, 4.69) is 24.1 Å². The molecule has 4 heteroatoms. The van der Waals surface area contributed by atoms with Gasteiger partial charge in [-0.15, -0.1) is 0 Å². The van der Waals surface area contributed by atoms with Crippen LogP contribution in [0.25, 0.3) is 0 Å². The minimum atomic E-state index is -0.298. The fraction of sp³-hybridized carbons (Fsp3) is 0.900. The minimum absolute atomic E-state index is 0.0798. The van der Waals surface area contributed by atoms with E-state index in [0.717, 1.165) is 13.1 Å². The highest BCUT2D eigenvalue weighted by Gasteiger charge is 2.31.